The van der Waals surface area contributed by atoms with E-state index in [9.17, 15) is 29.3 Å². The van der Waals surface area contributed by atoms with Crippen LogP contribution < -0.4 is 15.3 Å². The Morgan fingerprint density at radius 3 is 2.13 bits per heavy atom. The Balaban J connectivity index is 0.000000370. The highest BCUT2D eigenvalue weighted by atomic mass is 16.5. The number of carbonyl (C=O) groups is 4. The Hall–Kier alpha value is -4.07. The standard InChI is InChI=1S/C11H14BNO6.C11H12BNO5.CH4/c1-6(14)13-9(12(18)19)5-7-3-2-4-8(10(7)15)11(16)17;1-6(14)13-9-5-7-3-2-4-8(11(15)16)10(7)18-12(9)17;/h2-4,9,15,18-19H,5H2,1H3,(H,13,14)(H,16,17);2-4,9,17H,5H2,1H3,(H,13,14)(H,15,16);1H4. The van der Waals surface area contributed by atoms with Crippen LogP contribution in [-0.4, -0.2) is 80.3 Å². The van der Waals surface area contributed by atoms with Crippen LogP contribution in [0.2, 0.25) is 0 Å². The summed E-state index contributed by atoms with van der Waals surface area (Å²) in [6, 6.07) is 8.82. The molecule has 1 aliphatic rings. The van der Waals surface area contributed by atoms with E-state index in [1.807, 2.05) is 0 Å². The fourth-order valence-corrected chi connectivity index (χ4v) is 3.63. The van der Waals surface area contributed by atoms with Crippen molar-refractivity contribution in [1.82, 2.24) is 10.6 Å². The molecule has 0 bridgehead atoms. The Bertz CT molecular complexity index is 1180. The number of carboxylic acids is 2. The first-order valence-electron chi connectivity index (χ1n) is 11.0. The van der Waals surface area contributed by atoms with E-state index in [2.05, 4.69) is 10.6 Å². The lowest BCUT2D eigenvalue weighted by Gasteiger charge is -2.28. The highest BCUT2D eigenvalue weighted by molar-refractivity contribution is 6.47. The van der Waals surface area contributed by atoms with Crippen LogP contribution in [0.3, 0.4) is 0 Å². The number of fused-ring (bicyclic) bond motifs is 1. The minimum Gasteiger partial charge on any atom is -0.534 e. The van der Waals surface area contributed by atoms with Gasteiger partial charge in [0.2, 0.25) is 11.8 Å². The van der Waals surface area contributed by atoms with Crippen molar-refractivity contribution in [3.63, 3.8) is 0 Å². The van der Waals surface area contributed by atoms with Gasteiger partial charge in [0.05, 0.1) is 17.4 Å². The third-order valence-corrected chi connectivity index (χ3v) is 5.28. The van der Waals surface area contributed by atoms with Gasteiger partial charge in [-0.1, -0.05) is 31.7 Å². The largest absolute Gasteiger partial charge is 0.547 e. The Kier molecular flexibility index (Phi) is 11.8. The lowest BCUT2D eigenvalue weighted by Crippen LogP contribution is -2.52. The van der Waals surface area contributed by atoms with Gasteiger partial charge < -0.3 is 45.7 Å². The zero-order valence-corrected chi connectivity index (χ0v) is 19.9. The van der Waals surface area contributed by atoms with Gasteiger partial charge in [-0.2, -0.15) is 0 Å². The second-order valence-electron chi connectivity index (χ2n) is 8.16. The summed E-state index contributed by atoms with van der Waals surface area (Å²) in [5.41, 5.74) is 0.574. The average molecular weight is 532 g/mol. The minimum atomic E-state index is -1.82. The van der Waals surface area contributed by atoms with Crippen LogP contribution in [0.1, 0.15) is 53.1 Å². The molecule has 38 heavy (non-hydrogen) atoms. The predicted molar refractivity (Wildman–Crippen MR) is 137 cm³/mol. The summed E-state index contributed by atoms with van der Waals surface area (Å²) in [5.74, 6) is -5.04. The van der Waals surface area contributed by atoms with E-state index in [1.54, 1.807) is 12.1 Å². The van der Waals surface area contributed by atoms with Gasteiger partial charge in [0, 0.05) is 13.8 Å². The summed E-state index contributed by atoms with van der Waals surface area (Å²) < 4.78 is 5.20. The first-order valence-corrected chi connectivity index (χ1v) is 11.0. The molecule has 0 fully saturated rings. The monoisotopic (exact) mass is 532 g/mol. The van der Waals surface area contributed by atoms with Gasteiger partial charge in [-0.15, -0.1) is 0 Å². The SMILES string of the molecule is C.CC(=O)NC(Cc1cccc(C(=O)O)c1O)B(O)O.CC(=O)NC1Cc2cccc(C(=O)O)c2OB1O. The van der Waals surface area contributed by atoms with Gasteiger partial charge in [-0.05, 0) is 36.1 Å². The van der Waals surface area contributed by atoms with E-state index in [1.165, 1.54) is 38.1 Å². The van der Waals surface area contributed by atoms with Gasteiger partial charge in [0.25, 0.3) is 0 Å². The fraction of sp³-hybridized carbons (Fsp3) is 0.304. The maximum Gasteiger partial charge on any atom is 0.547 e. The molecule has 1 aliphatic heterocycles. The second-order valence-corrected chi connectivity index (χ2v) is 8.16. The Labute approximate surface area is 219 Å². The molecule has 15 heteroatoms. The minimum absolute atomic E-state index is 0. The van der Waals surface area contributed by atoms with Crippen molar-refractivity contribution in [3.05, 3.63) is 58.7 Å². The summed E-state index contributed by atoms with van der Waals surface area (Å²) in [5, 5.41) is 60.5. The van der Waals surface area contributed by atoms with E-state index >= 15 is 0 Å². The molecule has 2 aromatic rings. The molecule has 0 radical (unpaired) electrons. The third kappa shape index (κ3) is 8.50. The summed E-state index contributed by atoms with van der Waals surface area (Å²) in [4.78, 5) is 43.7. The number of aromatic hydroxyl groups is 1. The summed E-state index contributed by atoms with van der Waals surface area (Å²) in [6.07, 6.45) is 0.224. The van der Waals surface area contributed by atoms with Crippen molar-refractivity contribution in [3.8, 4) is 11.5 Å². The third-order valence-electron chi connectivity index (χ3n) is 5.28. The molecule has 0 saturated carbocycles. The molecule has 8 N–H and O–H groups in total. The van der Waals surface area contributed by atoms with Crippen LogP contribution in [0, 0.1) is 0 Å². The normalized spacial score (nSPS) is 14.2. The highest BCUT2D eigenvalue weighted by Crippen LogP contribution is 2.30. The number of para-hydroxylation sites is 2. The maximum absolute atomic E-state index is 11.0. The molecule has 13 nitrogen and oxygen atoms in total. The lowest BCUT2D eigenvalue weighted by atomic mass is 9.72. The van der Waals surface area contributed by atoms with Crippen LogP contribution in [0.5, 0.6) is 11.5 Å². The van der Waals surface area contributed by atoms with Crippen molar-refractivity contribution >= 4 is 38.0 Å². The van der Waals surface area contributed by atoms with Crippen molar-refractivity contribution < 1.29 is 54.2 Å². The summed E-state index contributed by atoms with van der Waals surface area (Å²) in [7, 11) is -3.07. The van der Waals surface area contributed by atoms with Crippen molar-refractivity contribution in [2.45, 2.75) is 46.0 Å². The quantitative estimate of drug-likeness (QED) is 0.215. The Morgan fingerprint density at radius 1 is 1.03 bits per heavy atom. The number of aromatic carboxylic acids is 2. The number of benzene rings is 2. The predicted octanol–water partition coefficient (Wildman–Crippen LogP) is -0.370. The smallest absolute Gasteiger partial charge is 0.534 e. The topological polar surface area (TPSA) is 223 Å². The van der Waals surface area contributed by atoms with Gasteiger partial charge >= 0.3 is 26.2 Å². The molecule has 2 aromatic carbocycles. The number of carboxylic acid groups (broad SMARTS) is 2. The van der Waals surface area contributed by atoms with Gasteiger partial charge in [0.15, 0.2) is 0 Å². The number of hydrogen-bond acceptors (Lipinski definition) is 9. The van der Waals surface area contributed by atoms with Crippen molar-refractivity contribution in [1.29, 1.82) is 0 Å². The molecular formula is C23H30B2N2O11. The van der Waals surface area contributed by atoms with E-state index in [0.717, 1.165) is 0 Å². The molecule has 0 saturated heterocycles. The van der Waals surface area contributed by atoms with E-state index in [0.29, 0.717) is 12.0 Å². The molecular weight excluding hydrogens is 502 g/mol. The van der Waals surface area contributed by atoms with Crippen LogP contribution in [-0.2, 0) is 22.4 Å². The number of rotatable bonds is 7. The highest BCUT2D eigenvalue weighted by Gasteiger charge is 2.37. The van der Waals surface area contributed by atoms with E-state index in [-0.39, 0.29) is 42.2 Å². The number of amides is 2. The van der Waals surface area contributed by atoms with Crippen molar-refractivity contribution in [2.75, 3.05) is 0 Å². The number of carbonyl (C=O) groups excluding carboxylic acids is 2. The maximum atomic E-state index is 11.0. The molecule has 3 rings (SSSR count). The van der Waals surface area contributed by atoms with Crippen LogP contribution >= 0.6 is 0 Å². The van der Waals surface area contributed by atoms with Crippen LogP contribution in [0.15, 0.2) is 36.4 Å². The van der Waals surface area contributed by atoms with Crippen molar-refractivity contribution in [2.24, 2.45) is 0 Å². The molecule has 0 aromatic heterocycles. The fourth-order valence-electron chi connectivity index (χ4n) is 3.63. The molecule has 2 unspecified atom stereocenters. The van der Waals surface area contributed by atoms with Crippen LogP contribution in [0.4, 0.5) is 0 Å². The molecule has 1 heterocycles. The second kappa shape index (κ2) is 14.0. The number of hydrogen-bond donors (Lipinski definition) is 8. The molecule has 204 valence electrons. The zero-order chi connectivity index (χ0) is 27.9. The van der Waals surface area contributed by atoms with Gasteiger partial charge in [0.1, 0.15) is 17.1 Å². The van der Waals surface area contributed by atoms with Gasteiger partial charge in [-0.3, -0.25) is 9.59 Å². The van der Waals surface area contributed by atoms with E-state index < -0.39 is 49.7 Å². The molecule has 0 spiro atoms. The Morgan fingerprint density at radius 2 is 1.61 bits per heavy atom. The average Bonchev–Trinajstić information content (AvgIpc) is 2.79. The first-order chi connectivity index (χ1) is 17.3. The van der Waals surface area contributed by atoms with Crippen LogP contribution in [0.25, 0.3) is 0 Å². The first kappa shape index (κ1) is 32.0. The summed E-state index contributed by atoms with van der Waals surface area (Å²) in [6.45, 7) is 2.55. The van der Waals surface area contributed by atoms with E-state index in [4.69, 9.17) is 24.9 Å². The molecule has 2 atom stereocenters. The number of nitrogens with one attached hydrogen (secondary N) is 2. The van der Waals surface area contributed by atoms with Gasteiger partial charge in [-0.25, -0.2) is 9.59 Å². The summed E-state index contributed by atoms with van der Waals surface area (Å²) >= 11 is 0. The zero-order valence-electron chi connectivity index (χ0n) is 19.9. The molecule has 2 amide bonds. The number of phenols is 1. The lowest BCUT2D eigenvalue weighted by molar-refractivity contribution is -0.120. The molecule has 0 aliphatic carbocycles.